The van der Waals surface area contributed by atoms with Crippen LogP contribution in [0.2, 0.25) is 0 Å². The Hall–Kier alpha value is -2.69. The minimum Gasteiger partial charge on any atom is -0.264 e. The van der Waals surface area contributed by atoms with E-state index in [2.05, 4.69) is 17.2 Å². The highest BCUT2D eigenvalue weighted by Crippen LogP contribution is 2.24. The Morgan fingerprint density at radius 1 is 1.10 bits per heavy atom. The van der Waals surface area contributed by atoms with Gasteiger partial charge in [0, 0.05) is 12.6 Å². The van der Waals surface area contributed by atoms with E-state index in [0.29, 0.717) is 11.9 Å². The third kappa shape index (κ3) is 2.25. The van der Waals surface area contributed by atoms with Crippen LogP contribution < -0.4 is 0 Å². The maximum absolute atomic E-state index is 11.0. The Bertz CT molecular complexity index is 750. The molecule has 0 fully saturated rings. The molecule has 0 bridgehead atoms. The van der Waals surface area contributed by atoms with Crippen molar-refractivity contribution in [3.05, 3.63) is 70.4 Å². The van der Waals surface area contributed by atoms with Gasteiger partial charge in [-0.1, -0.05) is 36.4 Å². The average molecular weight is 267 g/mol. The van der Waals surface area contributed by atoms with Crippen LogP contribution in [-0.2, 0) is 13.0 Å². The molecular weight excluding hydrogens is 254 g/mol. The van der Waals surface area contributed by atoms with Crippen LogP contribution in [0.4, 0.5) is 5.69 Å². The van der Waals surface area contributed by atoms with Crippen molar-refractivity contribution in [3.8, 4) is 0 Å². The lowest BCUT2D eigenvalue weighted by atomic mass is 10.1. The molecule has 3 aromatic rings. The van der Waals surface area contributed by atoms with Crippen molar-refractivity contribution in [1.82, 2.24) is 9.78 Å². The van der Waals surface area contributed by atoms with E-state index in [1.807, 2.05) is 28.9 Å². The fourth-order valence-corrected chi connectivity index (χ4v) is 2.31. The van der Waals surface area contributed by atoms with Crippen molar-refractivity contribution in [2.75, 3.05) is 0 Å². The Balaban J connectivity index is 1.90. The number of nitro groups is 1. The maximum atomic E-state index is 11.0. The van der Waals surface area contributed by atoms with E-state index in [4.69, 9.17) is 0 Å². The fourth-order valence-electron chi connectivity index (χ4n) is 2.31. The van der Waals surface area contributed by atoms with Gasteiger partial charge in [0.05, 0.1) is 22.0 Å². The summed E-state index contributed by atoms with van der Waals surface area (Å²) >= 11 is 0. The van der Waals surface area contributed by atoms with Gasteiger partial charge in [-0.25, -0.2) is 0 Å². The molecule has 0 saturated carbocycles. The zero-order valence-electron chi connectivity index (χ0n) is 10.8. The topological polar surface area (TPSA) is 61.0 Å². The quantitative estimate of drug-likeness (QED) is 0.538. The Labute approximate surface area is 115 Å². The van der Waals surface area contributed by atoms with Gasteiger partial charge in [-0.15, -0.1) is 0 Å². The van der Waals surface area contributed by atoms with Gasteiger partial charge in [-0.2, -0.15) is 5.10 Å². The Kier molecular flexibility index (Phi) is 3.16. The van der Waals surface area contributed by atoms with Gasteiger partial charge in [0.15, 0.2) is 0 Å². The number of hydrogen-bond donors (Lipinski definition) is 0. The molecule has 0 spiro atoms. The lowest BCUT2D eigenvalue weighted by Crippen LogP contribution is -2.02. The van der Waals surface area contributed by atoms with Crippen molar-refractivity contribution in [3.63, 3.8) is 0 Å². The molecule has 0 radical (unpaired) electrons. The first-order valence-corrected chi connectivity index (χ1v) is 6.38. The second kappa shape index (κ2) is 5.13. The molecule has 0 aliphatic carbocycles. The molecule has 0 saturated heterocycles. The van der Waals surface area contributed by atoms with E-state index in [1.165, 1.54) is 11.6 Å². The van der Waals surface area contributed by atoms with Crippen LogP contribution in [0.15, 0.2) is 54.7 Å². The summed E-state index contributed by atoms with van der Waals surface area (Å²) in [5.74, 6) is 0. The molecule has 100 valence electrons. The van der Waals surface area contributed by atoms with Gasteiger partial charge in [-0.3, -0.25) is 14.8 Å². The average Bonchev–Trinajstić information content (AvgIpc) is 2.89. The number of fused-ring (bicyclic) bond motifs is 1. The summed E-state index contributed by atoms with van der Waals surface area (Å²) < 4.78 is 1.81. The molecule has 0 aliphatic heterocycles. The molecule has 0 amide bonds. The first-order valence-electron chi connectivity index (χ1n) is 6.38. The molecule has 0 aliphatic rings. The van der Waals surface area contributed by atoms with Gasteiger partial charge >= 0.3 is 0 Å². The molecule has 1 aromatic heterocycles. The smallest absolute Gasteiger partial charge is 0.264 e. The molecule has 2 aromatic carbocycles. The number of aromatic nitrogens is 2. The van der Waals surface area contributed by atoms with Gasteiger partial charge in [0.25, 0.3) is 5.69 Å². The first-order chi connectivity index (χ1) is 9.75. The molecule has 0 atom stereocenters. The number of nitro benzene ring substituents is 1. The molecule has 5 nitrogen and oxygen atoms in total. The molecule has 3 rings (SSSR count). The summed E-state index contributed by atoms with van der Waals surface area (Å²) in [7, 11) is 0. The summed E-state index contributed by atoms with van der Waals surface area (Å²) in [6.45, 7) is 0.703. The Morgan fingerprint density at radius 3 is 2.65 bits per heavy atom. The molecular formula is C15H13N3O2. The summed E-state index contributed by atoms with van der Waals surface area (Å²) in [6, 6.07) is 15.2. The normalized spacial score (nSPS) is 10.8. The van der Waals surface area contributed by atoms with Crippen molar-refractivity contribution in [2.24, 2.45) is 0 Å². The molecule has 5 heteroatoms. The molecule has 1 heterocycles. The molecule has 0 N–H and O–H groups in total. The number of non-ortho nitro benzene ring substituents is 1. The van der Waals surface area contributed by atoms with Crippen LogP contribution in [0, 0.1) is 10.1 Å². The number of rotatable bonds is 4. The predicted octanol–water partition coefficient (Wildman–Crippen LogP) is 3.19. The third-order valence-electron chi connectivity index (χ3n) is 3.32. The minimum atomic E-state index is -0.369. The van der Waals surface area contributed by atoms with E-state index in [9.17, 15) is 10.1 Å². The van der Waals surface area contributed by atoms with Crippen LogP contribution in [0.3, 0.4) is 0 Å². The Morgan fingerprint density at radius 2 is 1.90 bits per heavy atom. The van der Waals surface area contributed by atoms with Crippen LogP contribution in [0.25, 0.3) is 10.9 Å². The van der Waals surface area contributed by atoms with Crippen molar-refractivity contribution < 1.29 is 4.92 Å². The lowest BCUT2D eigenvalue weighted by Gasteiger charge is -2.04. The summed E-state index contributed by atoms with van der Waals surface area (Å²) in [5.41, 5.74) is 2.13. The highest BCUT2D eigenvalue weighted by Gasteiger charge is 2.14. The fraction of sp³-hybridized carbons (Fsp3) is 0.133. The van der Waals surface area contributed by atoms with Crippen molar-refractivity contribution in [2.45, 2.75) is 13.0 Å². The zero-order chi connectivity index (χ0) is 13.9. The van der Waals surface area contributed by atoms with Crippen molar-refractivity contribution >= 4 is 16.6 Å². The number of hydrogen-bond acceptors (Lipinski definition) is 3. The van der Waals surface area contributed by atoms with Crippen LogP contribution >= 0.6 is 0 Å². The summed E-state index contributed by atoms with van der Waals surface area (Å²) in [5, 5.41) is 15.8. The van der Waals surface area contributed by atoms with E-state index < -0.39 is 0 Å². The number of nitrogens with zero attached hydrogens (tertiary/aromatic N) is 3. The highest BCUT2D eigenvalue weighted by atomic mass is 16.6. The standard InChI is InChI=1S/C15H13N3O2/c19-18(20)15-8-4-7-14-13(15)11-16-17(14)10-9-12-5-2-1-3-6-12/h1-8,11H,9-10H2. The number of benzene rings is 2. The van der Waals surface area contributed by atoms with E-state index >= 15 is 0 Å². The summed E-state index contributed by atoms with van der Waals surface area (Å²) in [6.07, 6.45) is 2.42. The largest absolute Gasteiger partial charge is 0.280 e. The van der Waals surface area contributed by atoms with Gasteiger partial charge in [0.1, 0.15) is 0 Å². The molecule has 20 heavy (non-hydrogen) atoms. The highest BCUT2D eigenvalue weighted by molar-refractivity contribution is 5.87. The number of aryl methyl sites for hydroxylation is 2. The van der Waals surface area contributed by atoms with E-state index in [1.54, 1.807) is 12.3 Å². The SMILES string of the molecule is O=[N+]([O-])c1cccc2c1cnn2CCc1ccccc1. The minimum absolute atomic E-state index is 0.105. The van der Waals surface area contributed by atoms with Gasteiger partial charge in [-0.05, 0) is 18.1 Å². The molecule has 0 unspecified atom stereocenters. The first kappa shape index (κ1) is 12.3. The zero-order valence-corrected chi connectivity index (χ0v) is 10.8. The van der Waals surface area contributed by atoms with Crippen LogP contribution in [-0.4, -0.2) is 14.7 Å². The van der Waals surface area contributed by atoms with Gasteiger partial charge < -0.3 is 0 Å². The predicted molar refractivity (Wildman–Crippen MR) is 76.5 cm³/mol. The van der Waals surface area contributed by atoms with Gasteiger partial charge in [0.2, 0.25) is 0 Å². The second-order valence-electron chi connectivity index (χ2n) is 4.57. The van der Waals surface area contributed by atoms with Crippen LogP contribution in [0.1, 0.15) is 5.56 Å². The van der Waals surface area contributed by atoms with E-state index in [-0.39, 0.29) is 10.6 Å². The van der Waals surface area contributed by atoms with Crippen molar-refractivity contribution in [1.29, 1.82) is 0 Å². The summed E-state index contributed by atoms with van der Waals surface area (Å²) in [4.78, 5) is 10.6. The monoisotopic (exact) mass is 267 g/mol. The third-order valence-corrected chi connectivity index (χ3v) is 3.32. The second-order valence-corrected chi connectivity index (χ2v) is 4.57. The van der Waals surface area contributed by atoms with E-state index in [0.717, 1.165) is 11.9 Å². The maximum Gasteiger partial charge on any atom is 0.280 e. The van der Waals surface area contributed by atoms with Crippen LogP contribution in [0.5, 0.6) is 0 Å². The lowest BCUT2D eigenvalue weighted by molar-refractivity contribution is -0.383.